The van der Waals surface area contributed by atoms with Gasteiger partial charge in [0.1, 0.15) is 6.10 Å². The molecule has 1 atom stereocenters. The van der Waals surface area contributed by atoms with Gasteiger partial charge in [-0.15, -0.1) is 0 Å². The molecule has 33 heavy (non-hydrogen) atoms. The van der Waals surface area contributed by atoms with E-state index in [4.69, 9.17) is 40.4 Å². The Labute approximate surface area is 194 Å². The summed E-state index contributed by atoms with van der Waals surface area (Å²) in [6.07, 6.45) is 1.08. The van der Waals surface area contributed by atoms with Crippen molar-refractivity contribution in [1.82, 2.24) is 14.5 Å². The van der Waals surface area contributed by atoms with Crippen LogP contribution in [0, 0.1) is 0 Å². The van der Waals surface area contributed by atoms with Crippen LogP contribution < -0.4 is 15.9 Å². The van der Waals surface area contributed by atoms with Crippen LogP contribution in [0.15, 0.2) is 35.4 Å². The number of phosphoric acid groups is 1. The van der Waals surface area contributed by atoms with E-state index in [9.17, 15) is 9.36 Å². The molecule has 0 saturated carbocycles. The van der Waals surface area contributed by atoms with Gasteiger partial charge in [0.2, 0.25) is 5.52 Å². The second-order valence-corrected chi connectivity index (χ2v) is 9.26. The first-order chi connectivity index (χ1) is 15.8. The first kappa shape index (κ1) is 25.3. The lowest BCUT2D eigenvalue weighted by Crippen LogP contribution is -2.39. The number of benzene rings is 1. The summed E-state index contributed by atoms with van der Waals surface area (Å²) in [6.45, 7) is 0.410. The smallest absolute Gasteiger partial charge is 0.382 e. The minimum atomic E-state index is -3.68. The van der Waals surface area contributed by atoms with E-state index in [0.717, 1.165) is 5.56 Å². The summed E-state index contributed by atoms with van der Waals surface area (Å²) >= 11 is 5.97. The van der Waals surface area contributed by atoms with Gasteiger partial charge in [0.05, 0.1) is 19.8 Å². The molecule has 14 heteroatoms. The number of aromatic nitrogens is 4. The fraction of sp³-hybridized carbons (Fsp3) is 0.421. The number of nitrogen functional groups attached to an aromatic ring is 1. The summed E-state index contributed by atoms with van der Waals surface area (Å²) in [4.78, 5) is 19.4. The van der Waals surface area contributed by atoms with E-state index in [1.165, 1.54) is 21.3 Å². The highest BCUT2D eigenvalue weighted by atomic mass is 35.5. The molecule has 0 aliphatic carbocycles. The zero-order valence-corrected chi connectivity index (χ0v) is 20.0. The van der Waals surface area contributed by atoms with Crippen molar-refractivity contribution in [2.75, 3.05) is 40.3 Å². The number of ether oxygens (including phenoxy) is 2. The van der Waals surface area contributed by atoms with Crippen molar-refractivity contribution in [3.05, 3.63) is 51.5 Å². The monoisotopic (exact) mass is 502 g/mol. The van der Waals surface area contributed by atoms with Crippen LogP contribution in [-0.4, -0.2) is 55.2 Å². The van der Waals surface area contributed by atoms with Crippen LogP contribution in [0.2, 0.25) is 5.02 Å². The largest absolute Gasteiger partial charge is 0.474 e. The van der Waals surface area contributed by atoms with Crippen LogP contribution in [-0.2, 0) is 40.9 Å². The second kappa shape index (κ2) is 11.2. The van der Waals surface area contributed by atoms with E-state index in [0.29, 0.717) is 22.7 Å². The Morgan fingerprint density at radius 2 is 1.91 bits per heavy atom. The number of halogens is 1. The Balaban J connectivity index is 1.84. The summed E-state index contributed by atoms with van der Waals surface area (Å²) in [7, 11) is 0.256. The molecule has 180 valence electrons. The zero-order chi connectivity index (χ0) is 24.0. The van der Waals surface area contributed by atoms with Gasteiger partial charge in [0.15, 0.2) is 13.1 Å². The van der Waals surface area contributed by atoms with Gasteiger partial charge in [0.25, 0.3) is 11.5 Å². The van der Waals surface area contributed by atoms with Gasteiger partial charge in [-0.05, 0) is 17.7 Å². The van der Waals surface area contributed by atoms with Gasteiger partial charge in [0, 0.05) is 26.4 Å². The van der Waals surface area contributed by atoms with Crippen molar-refractivity contribution in [2.45, 2.75) is 19.4 Å². The molecule has 3 rings (SSSR count). The van der Waals surface area contributed by atoms with Crippen LogP contribution in [0.4, 0.5) is 5.95 Å². The quantitative estimate of drug-likeness (QED) is 0.279. The Morgan fingerprint density at radius 3 is 2.55 bits per heavy atom. The normalized spacial score (nSPS) is 13.0. The van der Waals surface area contributed by atoms with E-state index in [1.54, 1.807) is 27.6 Å². The number of nitrogens with one attached hydrogen (secondary N) is 1. The van der Waals surface area contributed by atoms with Gasteiger partial charge in [-0.1, -0.05) is 28.7 Å². The molecule has 0 bridgehead atoms. The van der Waals surface area contributed by atoms with Gasteiger partial charge in [-0.2, -0.15) is 0 Å². The molecular formula is C19H26ClN5O7P+. The maximum absolute atomic E-state index is 12.6. The van der Waals surface area contributed by atoms with Crippen LogP contribution in [0.25, 0.3) is 11.2 Å². The first-order valence-electron chi connectivity index (χ1n) is 9.77. The second-order valence-electron chi connectivity index (χ2n) is 6.94. The Kier molecular flexibility index (Phi) is 8.60. The molecule has 3 aromatic rings. The van der Waals surface area contributed by atoms with Crippen molar-refractivity contribution in [2.24, 2.45) is 0 Å². The number of fused-ring (bicyclic) bond motifs is 1. The molecule has 0 aliphatic rings. The fourth-order valence-electron chi connectivity index (χ4n) is 3.08. The number of hydrogen-bond donors (Lipinski definition) is 2. The first-order valence-corrected chi connectivity index (χ1v) is 11.6. The molecule has 0 spiro atoms. The number of anilines is 1. The molecule has 0 saturated heterocycles. The van der Waals surface area contributed by atoms with E-state index in [1.807, 2.05) is 12.1 Å². The van der Waals surface area contributed by atoms with Crippen LogP contribution in [0.5, 0.6) is 0 Å². The summed E-state index contributed by atoms with van der Waals surface area (Å²) in [6, 6.07) is 7.27. The van der Waals surface area contributed by atoms with E-state index in [-0.39, 0.29) is 31.5 Å². The molecular weight excluding hydrogens is 477 g/mol. The number of hydrogen-bond acceptors (Lipinski definition) is 9. The fourth-order valence-corrected chi connectivity index (χ4v) is 3.92. The minimum absolute atomic E-state index is 0.0122. The molecule has 0 radical (unpaired) electrons. The summed E-state index contributed by atoms with van der Waals surface area (Å²) < 4.78 is 41.3. The molecule has 1 unspecified atom stereocenters. The summed E-state index contributed by atoms with van der Waals surface area (Å²) in [5, 5.41) is 0.616. The molecule has 0 aliphatic heterocycles. The number of rotatable bonds is 12. The van der Waals surface area contributed by atoms with Crippen molar-refractivity contribution >= 4 is 36.5 Å². The molecule has 0 fully saturated rings. The molecule has 1 aromatic carbocycles. The van der Waals surface area contributed by atoms with Crippen molar-refractivity contribution in [3.8, 4) is 0 Å². The minimum Gasteiger partial charge on any atom is -0.382 e. The predicted octanol–water partition coefficient (Wildman–Crippen LogP) is 1.70. The summed E-state index contributed by atoms with van der Waals surface area (Å²) in [5.74, 6) is -0.0246. The molecule has 3 N–H and O–H groups in total. The number of imidazole rings is 1. The van der Waals surface area contributed by atoms with E-state index >= 15 is 0 Å². The average Bonchev–Trinajstić information content (AvgIpc) is 3.14. The molecule has 0 amide bonds. The Morgan fingerprint density at radius 1 is 1.21 bits per heavy atom. The number of H-pyrrole nitrogens is 1. The van der Waals surface area contributed by atoms with Crippen molar-refractivity contribution < 1.29 is 32.2 Å². The standard InChI is InChI=1S/C19H25ClN5O7P/c1-28-9-15(10-32-33(27,29-2)30-3)31-12-25-11-24(8-13-4-6-14(20)7-5-13)16-17(25)22-19(21)23-18(16)26/h4-7,11,15H,8-10,12H2,1-3H3,(H2-,21,22,23,26)/p+1. The third-order valence-electron chi connectivity index (χ3n) is 4.67. The number of methoxy groups -OCH3 is 1. The number of phosphoric ester groups is 1. The van der Waals surface area contributed by atoms with Crippen molar-refractivity contribution in [3.63, 3.8) is 0 Å². The van der Waals surface area contributed by atoms with Crippen LogP contribution in [0.3, 0.4) is 0 Å². The highest BCUT2D eigenvalue weighted by Crippen LogP contribution is 2.47. The molecule has 12 nitrogen and oxygen atoms in total. The van der Waals surface area contributed by atoms with E-state index < -0.39 is 13.9 Å². The van der Waals surface area contributed by atoms with Gasteiger partial charge < -0.3 is 15.2 Å². The lowest BCUT2D eigenvalue weighted by atomic mass is 10.2. The molecule has 2 aromatic heterocycles. The average molecular weight is 503 g/mol. The zero-order valence-electron chi connectivity index (χ0n) is 18.4. The lowest BCUT2D eigenvalue weighted by molar-refractivity contribution is -0.714. The number of aromatic amines is 1. The Bertz CT molecular complexity index is 1180. The van der Waals surface area contributed by atoms with Gasteiger partial charge in [-0.25, -0.2) is 9.13 Å². The van der Waals surface area contributed by atoms with Crippen LogP contribution >= 0.6 is 19.4 Å². The maximum atomic E-state index is 12.6. The highest BCUT2D eigenvalue weighted by molar-refractivity contribution is 7.48. The van der Waals surface area contributed by atoms with Gasteiger partial charge in [-0.3, -0.25) is 27.9 Å². The molecule has 2 heterocycles. The van der Waals surface area contributed by atoms with Crippen molar-refractivity contribution in [1.29, 1.82) is 0 Å². The van der Waals surface area contributed by atoms with Gasteiger partial charge >= 0.3 is 13.5 Å². The highest BCUT2D eigenvalue weighted by Gasteiger charge is 2.26. The summed E-state index contributed by atoms with van der Waals surface area (Å²) in [5.41, 5.74) is 6.96. The predicted molar refractivity (Wildman–Crippen MR) is 120 cm³/mol. The third-order valence-corrected chi connectivity index (χ3v) is 6.28. The third kappa shape index (κ3) is 6.39. The topological polar surface area (TPSA) is 144 Å². The maximum Gasteiger partial charge on any atom is 0.474 e. The van der Waals surface area contributed by atoms with Crippen LogP contribution in [0.1, 0.15) is 5.56 Å². The number of nitrogens with two attached hydrogens (primary N) is 1. The number of nitrogens with zero attached hydrogens (tertiary/aromatic N) is 3. The lowest BCUT2D eigenvalue weighted by Gasteiger charge is -2.19. The van der Waals surface area contributed by atoms with E-state index in [2.05, 4.69) is 9.97 Å². The SMILES string of the molecule is COCC(COP(=O)(OC)OC)OC[n+]1cn(Cc2ccc(Cl)cc2)c2c(=O)[nH]c(N)nc21. The Hall–Kier alpha value is -2.31.